The number of fused-ring (bicyclic) bond motifs is 2. The minimum atomic E-state index is -1.00. The van der Waals surface area contributed by atoms with Crippen LogP contribution >= 0.6 is 0 Å². The number of Topliss-reactive ketones (excluding diaryl/α,β-unsaturated/α-hetero) is 1. The third kappa shape index (κ3) is 9.10. The fourth-order valence-corrected chi connectivity index (χ4v) is 4.95. The fraction of sp³-hybridized carbons (Fsp3) is 0.484. The van der Waals surface area contributed by atoms with E-state index in [0.29, 0.717) is 12.0 Å². The molecule has 6 atom stereocenters. The number of hydrogen-bond donors (Lipinski definition) is 4. The predicted molar refractivity (Wildman–Crippen MR) is 158 cm³/mol. The molecule has 0 aromatic heterocycles. The first kappa shape index (κ1) is 34.4. The van der Waals surface area contributed by atoms with Crippen molar-refractivity contribution in [2.75, 3.05) is 20.8 Å². The van der Waals surface area contributed by atoms with E-state index >= 15 is 0 Å². The van der Waals surface area contributed by atoms with Gasteiger partial charge in [0.25, 0.3) is 5.91 Å². The van der Waals surface area contributed by atoms with Gasteiger partial charge >= 0.3 is 6.09 Å². The van der Waals surface area contributed by atoms with Crippen molar-refractivity contribution in [2.24, 2.45) is 17.6 Å². The van der Waals surface area contributed by atoms with Gasteiger partial charge in [0.05, 0.1) is 23.6 Å². The number of primary amides is 1. The molecule has 0 unspecified atom stereocenters. The Bertz CT molecular complexity index is 1210. The lowest BCUT2D eigenvalue weighted by atomic mass is 9.85. The van der Waals surface area contributed by atoms with Crippen molar-refractivity contribution < 1.29 is 38.5 Å². The molecule has 0 aromatic carbocycles. The summed E-state index contributed by atoms with van der Waals surface area (Å²) in [5, 5.41) is 16.7. The van der Waals surface area contributed by atoms with Crippen molar-refractivity contribution in [1.82, 2.24) is 10.6 Å². The Morgan fingerprint density at radius 1 is 1.21 bits per heavy atom. The first-order valence-corrected chi connectivity index (χ1v) is 13.8. The van der Waals surface area contributed by atoms with Crippen LogP contribution in [-0.4, -0.2) is 73.9 Å². The van der Waals surface area contributed by atoms with E-state index in [-0.39, 0.29) is 41.4 Å². The van der Waals surface area contributed by atoms with Crippen molar-refractivity contribution >= 4 is 23.6 Å². The van der Waals surface area contributed by atoms with Crippen LogP contribution in [0.4, 0.5) is 4.79 Å². The average Bonchev–Trinajstić information content (AvgIpc) is 2.94. The molecule has 1 heterocycles. The van der Waals surface area contributed by atoms with Crippen molar-refractivity contribution in [3.8, 4) is 0 Å². The number of ether oxygens (including phenoxy) is 3. The average molecular weight is 586 g/mol. The highest BCUT2D eigenvalue weighted by atomic mass is 16.6. The van der Waals surface area contributed by atoms with Crippen molar-refractivity contribution in [2.45, 2.75) is 65.0 Å². The number of amides is 2. The Kier molecular flexibility index (Phi) is 13.1. The number of carbonyl (C=O) groups is 4. The van der Waals surface area contributed by atoms with Crippen molar-refractivity contribution in [1.29, 1.82) is 0 Å². The summed E-state index contributed by atoms with van der Waals surface area (Å²) in [6.07, 6.45) is 5.34. The summed E-state index contributed by atoms with van der Waals surface area (Å²) < 4.78 is 16.6. The van der Waals surface area contributed by atoms with Crippen molar-refractivity contribution in [3.05, 3.63) is 71.1 Å². The first-order chi connectivity index (χ1) is 19.8. The molecule has 5 N–H and O–H groups in total. The quantitative estimate of drug-likeness (QED) is 0.271. The van der Waals surface area contributed by atoms with Gasteiger partial charge in [0.1, 0.15) is 6.10 Å². The molecule has 0 spiro atoms. The second-order valence-electron chi connectivity index (χ2n) is 10.6. The molecule has 2 amide bonds. The van der Waals surface area contributed by atoms with E-state index in [0.717, 1.165) is 6.08 Å². The lowest BCUT2D eigenvalue weighted by Gasteiger charge is -2.30. The van der Waals surface area contributed by atoms with Crippen LogP contribution in [-0.2, 0) is 28.6 Å². The standard InChI is InChI=1S/C31H43N3O8/c1-8-12-33-26-21-13-17(2)14-25(41-7)27(36)19(4)15-20(5)29(42-31(32)39)24(40-6)11-9-10-18(3)30(38)34-22(28(21)37)16-23(26)35/h8-11,15-17,19,24-25,27,29,33,36H,1,12-14H2,2-7H3,(H2,32,39)(H,34,38)/b11-9+,18-10-,20-15-/t17-,19+,24+,25-,27+,29-/m0/s1. The van der Waals surface area contributed by atoms with Gasteiger partial charge in [-0.25, -0.2) is 4.79 Å². The van der Waals surface area contributed by atoms with E-state index in [1.165, 1.54) is 20.3 Å². The van der Waals surface area contributed by atoms with Crippen LogP contribution in [0.3, 0.4) is 0 Å². The maximum Gasteiger partial charge on any atom is 0.405 e. The smallest absolute Gasteiger partial charge is 0.405 e. The maximum atomic E-state index is 13.5. The summed E-state index contributed by atoms with van der Waals surface area (Å²) in [4.78, 5) is 51.3. The van der Waals surface area contributed by atoms with Crippen LogP contribution in [0, 0.1) is 11.8 Å². The molecule has 1 aliphatic heterocycles. The molecule has 11 heteroatoms. The zero-order valence-corrected chi connectivity index (χ0v) is 25.1. The summed E-state index contributed by atoms with van der Waals surface area (Å²) in [5.74, 6) is -2.14. The summed E-state index contributed by atoms with van der Waals surface area (Å²) in [5.41, 5.74) is 6.42. The molecule has 2 bridgehead atoms. The first-order valence-electron chi connectivity index (χ1n) is 13.8. The normalized spacial score (nSPS) is 31.6. The number of nitrogens with two attached hydrogens (primary N) is 1. The van der Waals surface area contributed by atoms with Crippen molar-refractivity contribution in [3.63, 3.8) is 0 Å². The summed E-state index contributed by atoms with van der Waals surface area (Å²) >= 11 is 0. The van der Waals surface area contributed by atoms with Gasteiger partial charge in [-0.2, -0.15) is 0 Å². The Morgan fingerprint density at radius 2 is 1.90 bits per heavy atom. The predicted octanol–water partition coefficient (Wildman–Crippen LogP) is 2.54. The molecular weight excluding hydrogens is 542 g/mol. The zero-order valence-electron chi connectivity index (χ0n) is 25.1. The number of aliphatic hydroxyl groups excluding tert-OH is 1. The highest BCUT2D eigenvalue weighted by Crippen LogP contribution is 2.28. The maximum absolute atomic E-state index is 13.5. The largest absolute Gasteiger partial charge is 0.439 e. The molecule has 0 radical (unpaired) electrons. The second kappa shape index (κ2) is 16.0. The number of nitrogens with one attached hydrogen (secondary N) is 2. The highest BCUT2D eigenvalue weighted by molar-refractivity contribution is 6.23. The third-order valence-electron chi connectivity index (χ3n) is 7.22. The van der Waals surface area contributed by atoms with Gasteiger partial charge in [0.15, 0.2) is 6.10 Å². The number of ketones is 2. The number of allylic oxidation sites excluding steroid dienone is 4. The van der Waals surface area contributed by atoms with E-state index in [9.17, 15) is 24.3 Å². The molecule has 11 nitrogen and oxygen atoms in total. The van der Waals surface area contributed by atoms with Crippen LogP contribution < -0.4 is 16.4 Å². The molecule has 2 aliphatic rings. The molecule has 0 fully saturated rings. The van der Waals surface area contributed by atoms with E-state index in [4.69, 9.17) is 19.9 Å². The Hall–Kier alpha value is -3.80. The third-order valence-corrected chi connectivity index (χ3v) is 7.22. The molecule has 0 aromatic rings. The number of hydrogen-bond acceptors (Lipinski definition) is 9. The number of rotatable bonds is 6. The lowest BCUT2D eigenvalue weighted by molar-refractivity contribution is -0.120. The van der Waals surface area contributed by atoms with Gasteiger partial charge in [-0.05, 0) is 38.2 Å². The van der Waals surface area contributed by atoms with Crippen LogP contribution in [0.15, 0.2) is 71.1 Å². The topological polar surface area (TPSA) is 166 Å². The zero-order chi connectivity index (χ0) is 31.6. The molecule has 42 heavy (non-hydrogen) atoms. The van der Waals surface area contributed by atoms with Gasteiger partial charge < -0.3 is 35.7 Å². The molecular formula is C31H43N3O8. The fourth-order valence-electron chi connectivity index (χ4n) is 4.95. The van der Waals surface area contributed by atoms with E-state index in [1.807, 2.05) is 6.92 Å². The molecule has 230 valence electrons. The van der Waals surface area contributed by atoms with E-state index < -0.39 is 53.9 Å². The van der Waals surface area contributed by atoms with Crippen LogP contribution in [0.2, 0.25) is 0 Å². The second-order valence-corrected chi connectivity index (χ2v) is 10.6. The number of carbonyl (C=O) groups excluding carboxylic acids is 4. The summed E-state index contributed by atoms with van der Waals surface area (Å²) in [7, 11) is 2.92. The minimum absolute atomic E-state index is 0.132. The number of aliphatic hydroxyl groups is 1. The van der Waals surface area contributed by atoms with Gasteiger partial charge in [-0.3, -0.25) is 14.4 Å². The Morgan fingerprint density at radius 3 is 2.50 bits per heavy atom. The molecule has 0 saturated carbocycles. The van der Waals surface area contributed by atoms with Gasteiger partial charge in [0, 0.05) is 43.9 Å². The van der Waals surface area contributed by atoms with Gasteiger partial charge in [0.2, 0.25) is 11.6 Å². The molecule has 2 rings (SSSR count). The van der Waals surface area contributed by atoms with Crippen LogP contribution in [0.5, 0.6) is 0 Å². The van der Waals surface area contributed by atoms with Gasteiger partial charge in [-0.1, -0.05) is 44.2 Å². The molecule has 0 saturated heterocycles. The Labute approximate surface area is 247 Å². The molecule has 1 aliphatic carbocycles. The Balaban J connectivity index is 2.62. The lowest BCUT2D eigenvalue weighted by Crippen LogP contribution is -2.37. The van der Waals surface area contributed by atoms with E-state index in [2.05, 4.69) is 17.2 Å². The van der Waals surface area contributed by atoms with Gasteiger partial charge in [-0.15, -0.1) is 6.58 Å². The van der Waals surface area contributed by atoms with Crippen LogP contribution in [0.1, 0.15) is 40.5 Å². The highest BCUT2D eigenvalue weighted by Gasteiger charge is 2.33. The number of methoxy groups -OCH3 is 2. The SMILES string of the molecule is C=CCNC1=C2C[C@H](C)C[C@H](OC)[C@H](O)[C@H](C)/C=C(/C)[C@H](OC(N)=O)[C@H](OC)/C=C/C=C(/C)C(=O)NC(=CC1=O)C2=O. The van der Waals surface area contributed by atoms with Crippen LogP contribution in [0.25, 0.3) is 0 Å². The summed E-state index contributed by atoms with van der Waals surface area (Å²) in [6, 6.07) is 0. The van der Waals surface area contributed by atoms with E-state index in [1.54, 1.807) is 45.1 Å². The minimum Gasteiger partial charge on any atom is -0.439 e. The monoisotopic (exact) mass is 585 g/mol. The summed E-state index contributed by atoms with van der Waals surface area (Å²) in [6.45, 7) is 10.9.